The first kappa shape index (κ1) is 25.8. The van der Waals surface area contributed by atoms with Crippen LogP contribution in [0.5, 0.6) is 11.5 Å². The van der Waals surface area contributed by atoms with E-state index in [1.807, 2.05) is 31.2 Å². The molecule has 2 aromatic carbocycles. The monoisotopic (exact) mass is 515 g/mol. The molecular formula is C26H33N3O6S. The van der Waals surface area contributed by atoms with Gasteiger partial charge in [-0.05, 0) is 44.4 Å². The maximum atomic E-state index is 13.6. The van der Waals surface area contributed by atoms with Gasteiger partial charge >= 0.3 is 0 Å². The third-order valence-electron chi connectivity index (χ3n) is 6.67. The van der Waals surface area contributed by atoms with Gasteiger partial charge in [-0.1, -0.05) is 42.7 Å². The molecule has 194 valence electrons. The molecule has 0 radical (unpaired) electrons. The first-order valence-corrected chi connectivity index (χ1v) is 14.0. The summed E-state index contributed by atoms with van der Waals surface area (Å²) in [6.45, 7) is 3.43. The van der Waals surface area contributed by atoms with Gasteiger partial charge in [0.2, 0.25) is 28.6 Å². The van der Waals surface area contributed by atoms with Crippen molar-refractivity contribution in [3.05, 3.63) is 53.6 Å². The standard InChI is InChI=1S/C26H33N3O6S/c1-18-8-10-20(11-9-18)15-28(19(2)26(31)27-21-6-4-5-7-21)25(30)16-29(36(3,32)33)22-12-13-23-24(14-22)35-17-34-23/h8-14,19,21H,4-7,15-17H2,1-3H3,(H,27,31)/t19-/m0/s1. The number of ether oxygens (including phenoxy) is 2. The minimum atomic E-state index is -3.82. The number of sulfonamides is 1. The fourth-order valence-corrected chi connectivity index (χ4v) is 5.36. The number of carbonyl (C=O) groups excluding carboxylic acids is 2. The van der Waals surface area contributed by atoms with E-state index in [2.05, 4.69) is 5.32 Å². The summed E-state index contributed by atoms with van der Waals surface area (Å²) in [5.74, 6) is 0.204. The van der Waals surface area contributed by atoms with E-state index < -0.39 is 28.5 Å². The number of anilines is 1. The Morgan fingerprint density at radius 3 is 2.39 bits per heavy atom. The van der Waals surface area contributed by atoms with Crippen LogP contribution in [0.4, 0.5) is 5.69 Å². The maximum Gasteiger partial charge on any atom is 0.244 e. The summed E-state index contributed by atoms with van der Waals surface area (Å²) in [7, 11) is -3.82. The van der Waals surface area contributed by atoms with Gasteiger partial charge < -0.3 is 19.7 Å². The third-order valence-corrected chi connectivity index (χ3v) is 7.81. The summed E-state index contributed by atoms with van der Waals surface area (Å²) in [5.41, 5.74) is 2.21. The molecule has 9 nitrogen and oxygen atoms in total. The van der Waals surface area contributed by atoms with Gasteiger partial charge in [0, 0.05) is 18.7 Å². The van der Waals surface area contributed by atoms with E-state index in [1.165, 1.54) is 11.0 Å². The Labute approximate surface area is 212 Å². The zero-order chi connectivity index (χ0) is 25.9. The number of aryl methyl sites for hydroxylation is 1. The van der Waals surface area contributed by atoms with Gasteiger partial charge in [0.15, 0.2) is 11.5 Å². The van der Waals surface area contributed by atoms with E-state index in [1.54, 1.807) is 19.1 Å². The van der Waals surface area contributed by atoms with Crippen LogP contribution in [0, 0.1) is 6.92 Å². The highest BCUT2D eigenvalue weighted by molar-refractivity contribution is 7.92. The normalized spacial score (nSPS) is 16.0. The highest BCUT2D eigenvalue weighted by Gasteiger charge is 2.32. The summed E-state index contributed by atoms with van der Waals surface area (Å²) in [5, 5.41) is 3.06. The Hall–Kier alpha value is -3.27. The van der Waals surface area contributed by atoms with Crippen LogP contribution >= 0.6 is 0 Å². The van der Waals surface area contributed by atoms with Crippen LogP contribution in [0.15, 0.2) is 42.5 Å². The lowest BCUT2D eigenvalue weighted by Crippen LogP contribution is -2.52. The van der Waals surface area contributed by atoms with Gasteiger partial charge in [0.25, 0.3) is 0 Å². The molecule has 0 saturated heterocycles. The number of amides is 2. The van der Waals surface area contributed by atoms with Gasteiger partial charge in [-0.25, -0.2) is 8.42 Å². The molecule has 1 atom stereocenters. The zero-order valence-corrected chi connectivity index (χ0v) is 21.7. The topological polar surface area (TPSA) is 105 Å². The minimum Gasteiger partial charge on any atom is -0.454 e. The lowest BCUT2D eigenvalue weighted by molar-refractivity contribution is -0.139. The van der Waals surface area contributed by atoms with Gasteiger partial charge in [0.05, 0.1) is 11.9 Å². The molecule has 0 spiro atoms. The molecule has 36 heavy (non-hydrogen) atoms. The number of hydrogen-bond acceptors (Lipinski definition) is 6. The van der Waals surface area contributed by atoms with Crippen molar-refractivity contribution < 1.29 is 27.5 Å². The van der Waals surface area contributed by atoms with E-state index in [0.717, 1.165) is 47.4 Å². The quantitative estimate of drug-likeness (QED) is 0.551. The molecule has 0 unspecified atom stereocenters. The van der Waals surface area contributed by atoms with Gasteiger partial charge in [-0.3, -0.25) is 13.9 Å². The van der Waals surface area contributed by atoms with Crippen LogP contribution in [-0.2, 0) is 26.2 Å². The predicted octanol–water partition coefficient (Wildman–Crippen LogP) is 2.97. The van der Waals surface area contributed by atoms with Gasteiger partial charge in [0.1, 0.15) is 12.6 Å². The molecule has 4 rings (SSSR count). The second-order valence-electron chi connectivity index (χ2n) is 9.48. The Morgan fingerprint density at radius 2 is 1.72 bits per heavy atom. The molecular weight excluding hydrogens is 482 g/mol. The largest absolute Gasteiger partial charge is 0.454 e. The predicted molar refractivity (Wildman–Crippen MR) is 136 cm³/mol. The molecule has 10 heteroatoms. The van der Waals surface area contributed by atoms with E-state index in [9.17, 15) is 18.0 Å². The van der Waals surface area contributed by atoms with E-state index in [0.29, 0.717) is 11.5 Å². The molecule has 1 heterocycles. The van der Waals surface area contributed by atoms with Crippen LogP contribution < -0.4 is 19.1 Å². The summed E-state index contributed by atoms with van der Waals surface area (Å²) in [6, 6.07) is 11.7. The molecule has 2 amide bonds. The van der Waals surface area contributed by atoms with E-state index >= 15 is 0 Å². The second kappa shape index (κ2) is 10.8. The Balaban J connectivity index is 1.59. The number of benzene rings is 2. The van der Waals surface area contributed by atoms with Crippen molar-refractivity contribution in [1.82, 2.24) is 10.2 Å². The molecule has 0 bridgehead atoms. The van der Waals surface area contributed by atoms with E-state index in [-0.39, 0.29) is 31.0 Å². The molecule has 1 aliphatic heterocycles. The summed E-state index contributed by atoms with van der Waals surface area (Å²) in [4.78, 5) is 28.2. The van der Waals surface area contributed by atoms with Crippen LogP contribution in [0.3, 0.4) is 0 Å². The van der Waals surface area contributed by atoms with Gasteiger partial charge in [-0.2, -0.15) is 0 Å². The zero-order valence-electron chi connectivity index (χ0n) is 20.9. The van der Waals surface area contributed by atoms with Crippen molar-refractivity contribution in [3.63, 3.8) is 0 Å². The molecule has 1 saturated carbocycles. The first-order valence-electron chi connectivity index (χ1n) is 12.1. The fourth-order valence-electron chi connectivity index (χ4n) is 4.52. The molecule has 1 fully saturated rings. The lowest BCUT2D eigenvalue weighted by Gasteiger charge is -2.32. The molecule has 2 aliphatic rings. The van der Waals surface area contributed by atoms with Gasteiger partial charge in [-0.15, -0.1) is 0 Å². The smallest absolute Gasteiger partial charge is 0.244 e. The summed E-state index contributed by atoms with van der Waals surface area (Å²) >= 11 is 0. The minimum absolute atomic E-state index is 0.0501. The number of nitrogens with zero attached hydrogens (tertiary/aromatic N) is 2. The fraction of sp³-hybridized carbons (Fsp3) is 0.462. The summed E-state index contributed by atoms with van der Waals surface area (Å²) < 4.78 is 37.2. The second-order valence-corrected chi connectivity index (χ2v) is 11.4. The van der Waals surface area contributed by atoms with E-state index in [4.69, 9.17) is 9.47 Å². The van der Waals surface area contributed by atoms with Crippen molar-refractivity contribution in [3.8, 4) is 11.5 Å². The molecule has 0 aromatic heterocycles. The van der Waals surface area contributed by atoms with Crippen LogP contribution in [0.25, 0.3) is 0 Å². The third kappa shape index (κ3) is 6.10. The highest BCUT2D eigenvalue weighted by atomic mass is 32.2. The molecule has 1 N–H and O–H groups in total. The van der Waals surface area contributed by atoms with Crippen molar-refractivity contribution in [2.24, 2.45) is 0 Å². The number of hydrogen-bond donors (Lipinski definition) is 1. The Morgan fingerprint density at radius 1 is 1.06 bits per heavy atom. The number of fused-ring (bicyclic) bond motifs is 1. The number of nitrogens with one attached hydrogen (secondary N) is 1. The molecule has 1 aliphatic carbocycles. The van der Waals surface area contributed by atoms with Crippen LogP contribution in [0.2, 0.25) is 0 Å². The van der Waals surface area contributed by atoms with Crippen LogP contribution in [-0.4, -0.2) is 56.8 Å². The summed E-state index contributed by atoms with van der Waals surface area (Å²) in [6.07, 6.45) is 5.05. The number of rotatable bonds is 9. The van der Waals surface area contributed by atoms with Crippen molar-refractivity contribution in [2.75, 3.05) is 23.9 Å². The average molecular weight is 516 g/mol. The van der Waals surface area contributed by atoms with Crippen molar-refractivity contribution in [1.29, 1.82) is 0 Å². The highest BCUT2D eigenvalue weighted by Crippen LogP contribution is 2.36. The first-order chi connectivity index (χ1) is 17.1. The Kier molecular flexibility index (Phi) is 7.73. The lowest BCUT2D eigenvalue weighted by atomic mass is 10.1. The van der Waals surface area contributed by atoms with Crippen molar-refractivity contribution in [2.45, 2.75) is 58.2 Å². The number of carbonyl (C=O) groups is 2. The Bertz CT molecular complexity index is 1210. The average Bonchev–Trinajstić information content (AvgIpc) is 3.52. The SMILES string of the molecule is Cc1ccc(CN(C(=O)CN(c2ccc3c(c2)OCO3)S(C)(=O)=O)[C@@H](C)C(=O)NC2CCCC2)cc1. The van der Waals surface area contributed by atoms with Crippen LogP contribution in [0.1, 0.15) is 43.7 Å². The molecule has 2 aromatic rings. The maximum absolute atomic E-state index is 13.6. The van der Waals surface area contributed by atoms with Crippen molar-refractivity contribution >= 4 is 27.5 Å².